The molecule has 0 bridgehead atoms. The molecule has 136 valence electrons. The third kappa shape index (κ3) is 3.61. The van der Waals surface area contributed by atoms with E-state index in [0.29, 0.717) is 11.4 Å². The van der Waals surface area contributed by atoms with Crippen molar-refractivity contribution in [2.24, 2.45) is 0 Å². The number of halogens is 5. The lowest BCUT2D eigenvalue weighted by atomic mass is 10.1. The first-order chi connectivity index (χ1) is 12.8. The van der Waals surface area contributed by atoms with Gasteiger partial charge in [0, 0.05) is 26.3 Å². The number of fused-ring (bicyclic) bond motifs is 1. The van der Waals surface area contributed by atoms with Crippen molar-refractivity contribution in [3.05, 3.63) is 63.3 Å². The number of imidazole rings is 1. The van der Waals surface area contributed by atoms with E-state index in [-0.39, 0.29) is 5.82 Å². The van der Waals surface area contributed by atoms with Crippen molar-refractivity contribution >= 4 is 42.9 Å². The number of H-pyrrole nitrogens is 1. The molecule has 4 nitrogen and oxygen atoms in total. The molecule has 2 heterocycles. The number of nitrogens with zero attached hydrogens (tertiary/aromatic N) is 3. The average molecular weight is 498 g/mol. The van der Waals surface area contributed by atoms with E-state index >= 15 is 0 Å². The van der Waals surface area contributed by atoms with Crippen LogP contribution >= 0.6 is 31.9 Å². The number of alkyl halides is 3. The molecule has 0 unspecified atom stereocenters. The summed E-state index contributed by atoms with van der Waals surface area (Å²) in [5, 5.41) is 0. The molecule has 4 aromatic rings. The second-order valence-corrected chi connectivity index (χ2v) is 7.48. The lowest BCUT2D eigenvalue weighted by molar-refractivity contribution is -0.141. The highest BCUT2D eigenvalue weighted by molar-refractivity contribution is 9.11. The van der Waals surface area contributed by atoms with E-state index in [2.05, 4.69) is 51.8 Å². The molecular weight excluding hydrogens is 489 g/mol. The van der Waals surface area contributed by atoms with E-state index in [1.54, 1.807) is 24.3 Å². The number of hydrogen-bond donors (Lipinski definition) is 1. The standard InChI is InChI=1S/C18H9Br2F3N4/c19-11-7-12(20)15-13(8-11)25-17(27-15)10-3-1-9(2-4-10)16-24-6-5-14(26-16)18(21,22)23/h1-8H,(H,25,27). The van der Waals surface area contributed by atoms with E-state index in [1.165, 1.54) is 0 Å². The molecule has 0 spiro atoms. The Morgan fingerprint density at radius 3 is 2.30 bits per heavy atom. The molecule has 4 rings (SSSR count). The van der Waals surface area contributed by atoms with Gasteiger partial charge in [0.25, 0.3) is 0 Å². The monoisotopic (exact) mass is 496 g/mol. The van der Waals surface area contributed by atoms with Crippen molar-refractivity contribution in [2.45, 2.75) is 6.18 Å². The molecule has 0 aliphatic rings. The van der Waals surface area contributed by atoms with Gasteiger partial charge in [0.05, 0.1) is 5.52 Å². The summed E-state index contributed by atoms with van der Waals surface area (Å²) in [4.78, 5) is 15.3. The maximum absolute atomic E-state index is 12.8. The van der Waals surface area contributed by atoms with Gasteiger partial charge in [0.1, 0.15) is 17.0 Å². The van der Waals surface area contributed by atoms with Gasteiger partial charge in [-0.25, -0.2) is 15.0 Å². The van der Waals surface area contributed by atoms with Crippen molar-refractivity contribution in [1.82, 2.24) is 19.9 Å². The summed E-state index contributed by atoms with van der Waals surface area (Å²) < 4.78 is 40.2. The number of hydrogen-bond acceptors (Lipinski definition) is 3. The van der Waals surface area contributed by atoms with Gasteiger partial charge in [0.2, 0.25) is 0 Å². The van der Waals surface area contributed by atoms with Crippen LogP contribution in [0.4, 0.5) is 13.2 Å². The Morgan fingerprint density at radius 1 is 0.889 bits per heavy atom. The van der Waals surface area contributed by atoms with Crippen LogP contribution in [0.1, 0.15) is 5.69 Å². The number of aromatic amines is 1. The third-order valence-corrected chi connectivity index (χ3v) is 4.93. The Morgan fingerprint density at radius 2 is 1.59 bits per heavy atom. The summed E-state index contributed by atoms with van der Waals surface area (Å²) in [6, 6.07) is 11.5. The summed E-state index contributed by atoms with van der Waals surface area (Å²) in [5.41, 5.74) is 1.97. The summed E-state index contributed by atoms with van der Waals surface area (Å²) in [6.07, 6.45) is -3.40. The fourth-order valence-electron chi connectivity index (χ4n) is 2.61. The smallest absolute Gasteiger partial charge is 0.338 e. The normalized spacial score (nSPS) is 11.9. The van der Waals surface area contributed by atoms with Crippen LogP contribution in [0.25, 0.3) is 33.8 Å². The van der Waals surface area contributed by atoms with Crippen LogP contribution in [0.15, 0.2) is 57.6 Å². The average Bonchev–Trinajstić information content (AvgIpc) is 3.06. The van der Waals surface area contributed by atoms with Gasteiger partial charge in [-0.3, -0.25) is 0 Å². The number of nitrogens with one attached hydrogen (secondary N) is 1. The second kappa shape index (κ2) is 6.72. The van der Waals surface area contributed by atoms with Gasteiger partial charge in [-0.2, -0.15) is 13.2 Å². The van der Waals surface area contributed by atoms with Crippen molar-refractivity contribution in [1.29, 1.82) is 0 Å². The van der Waals surface area contributed by atoms with Crippen LogP contribution in [0.3, 0.4) is 0 Å². The molecule has 0 aliphatic carbocycles. The summed E-state index contributed by atoms with van der Waals surface area (Å²) in [5.74, 6) is 0.674. The van der Waals surface area contributed by atoms with Gasteiger partial charge in [0.15, 0.2) is 5.82 Å². The quantitative estimate of drug-likeness (QED) is 0.357. The molecule has 0 radical (unpaired) electrons. The van der Waals surface area contributed by atoms with Gasteiger partial charge < -0.3 is 4.98 Å². The zero-order valence-electron chi connectivity index (χ0n) is 13.4. The summed E-state index contributed by atoms with van der Waals surface area (Å²) >= 11 is 6.91. The maximum atomic E-state index is 12.8. The lowest BCUT2D eigenvalue weighted by Gasteiger charge is -2.07. The van der Waals surface area contributed by atoms with E-state index in [0.717, 1.165) is 37.8 Å². The zero-order chi connectivity index (χ0) is 19.2. The molecule has 0 fully saturated rings. The largest absolute Gasteiger partial charge is 0.433 e. The van der Waals surface area contributed by atoms with Crippen LogP contribution in [0.2, 0.25) is 0 Å². The van der Waals surface area contributed by atoms with Crippen LogP contribution in [-0.4, -0.2) is 19.9 Å². The molecular formula is C18H9Br2F3N4. The highest BCUT2D eigenvalue weighted by Crippen LogP contribution is 2.31. The molecule has 0 saturated heterocycles. The fraction of sp³-hybridized carbons (Fsp3) is 0.0556. The molecule has 2 aromatic heterocycles. The molecule has 0 amide bonds. The molecule has 2 aromatic carbocycles. The van der Waals surface area contributed by atoms with Crippen molar-refractivity contribution in [2.75, 3.05) is 0 Å². The third-order valence-electron chi connectivity index (χ3n) is 3.87. The van der Waals surface area contributed by atoms with Crippen LogP contribution in [0.5, 0.6) is 0 Å². The van der Waals surface area contributed by atoms with Crippen molar-refractivity contribution < 1.29 is 13.2 Å². The first kappa shape index (κ1) is 18.1. The van der Waals surface area contributed by atoms with Gasteiger partial charge >= 0.3 is 6.18 Å². The Labute approximate surface area is 168 Å². The van der Waals surface area contributed by atoms with Gasteiger partial charge in [-0.05, 0) is 34.1 Å². The number of benzene rings is 2. The van der Waals surface area contributed by atoms with Gasteiger partial charge in [-0.1, -0.05) is 40.2 Å². The van der Waals surface area contributed by atoms with Crippen molar-refractivity contribution in [3.63, 3.8) is 0 Å². The second-order valence-electron chi connectivity index (χ2n) is 5.71. The minimum atomic E-state index is -4.51. The lowest BCUT2D eigenvalue weighted by Crippen LogP contribution is -2.08. The molecule has 0 saturated carbocycles. The highest BCUT2D eigenvalue weighted by atomic mass is 79.9. The Hall–Kier alpha value is -2.26. The van der Waals surface area contributed by atoms with Crippen molar-refractivity contribution in [3.8, 4) is 22.8 Å². The topological polar surface area (TPSA) is 54.5 Å². The predicted octanol–water partition coefficient (Wildman–Crippen LogP) is 6.23. The summed E-state index contributed by atoms with van der Waals surface area (Å²) in [7, 11) is 0. The van der Waals surface area contributed by atoms with E-state index in [1.807, 2.05) is 12.1 Å². The highest BCUT2D eigenvalue weighted by Gasteiger charge is 2.32. The Balaban J connectivity index is 1.70. The van der Waals surface area contributed by atoms with Gasteiger partial charge in [-0.15, -0.1) is 0 Å². The SMILES string of the molecule is FC(F)(F)c1ccnc(-c2ccc(-c3nc4c(Br)cc(Br)cc4[nH]3)cc2)n1. The van der Waals surface area contributed by atoms with Crippen LogP contribution in [0, 0.1) is 0 Å². The first-order valence-electron chi connectivity index (χ1n) is 7.67. The van der Waals surface area contributed by atoms with E-state index in [4.69, 9.17) is 0 Å². The van der Waals surface area contributed by atoms with E-state index in [9.17, 15) is 13.2 Å². The fourth-order valence-corrected chi connectivity index (χ4v) is 3.93. The molecule has 1 N–H and O–H groups in total. The summed E-state index contributed by atoms with van der Waals surface area (Å²) in [6.45, 7) is 0. The zero-order valence-corrected chi connectivity index (χ0v) is 16.5. The molecule has 9 heteroatoms. The predicted molar refractivity (Wildman–Crippen MR) is 103 cm³/mol. The van der Waals surface area contributed by atoms with Crippen LogP contribution < -0.4 is 0 Å². The van der Waals surface area contributed by atoms with E-state index < -0.39 is 11.9 Å². The maximum Gasteiger partial charge on any atom is 0.433 e. The van der Waals surface area contributed by atoms with Crippen LogP contribution in [-0.2, 0) is 6.18 Å². The Kier molecular flexibility index (Phi) is 4.51. The number of aromatic nitrogens is 4. The Bertz CT molecular complexity index is 1140. The minimum absolute atomic E-state index is 0.0210. The first-order valence-corrected chi connectivity index (χ1v) is 9.26. The number of rotatable bonds is 2. The minimum Gasteiger partial charge on any atom is -0.338 e. The molecule has 0 atom stereocenters. The molecule has 0 aliphatic heterocycles. The molecule has 27 heavy (non-hydrogen) atoms.